The van der Waals surface area contributed by atoms with E-state index in [0.29, 0.717) is 18.8 Å². The van der Waals surface area contributed by atoms with Gasteiger partial charge in [-0.1, -0.05) is 30.3 Å². The van der Waals surface area contributed by atoms with Crippen LogP contribution in [-0.4, -0.2) is 28.0 Å². The molecule has 98 valence electrons. The van der Waals surface area contributed by atoms with Crippen LogP contribution in [-0.2, 0) is 4.79 Å². The molecule has 1 unspecified atom stereocenters. The maximum absolute atomic E-state index is 12.0. The van der Waals surface area contributed by atoms with Crippen molar-refractivity contribution in [2.75, 3.05) is 11.4 Å². The first kappa shape index (κ1) is 12.2. The van der Waals surface area contributed by atoms with Crippen molar-refractivity contribution < 1.29 is 4.79 Å². The van der Waals surface area contributed by atoms with Crippen molar-refractivity contribution in [1.29, 1.82) is 0 Å². The Balaban J connectivity index is 2.07. The second kappa shape index (κ2) is 4.70. The van der Waals surface area contributed by atoms with Gasteiger partial charge >= 0.3 is 0 Å². The van der Waals surface area contributed by atoms with Gasteiger partial charge in [-0.05, 0) is 12.5 Å². The molecule has 1 aromatic carbocycles. The van der Waals surface area contributed by atoms with Gasteiger partial charge in [-0.15, -0.1) is 11.6 Å². The number of benzene rings is 1. The lowest BCUT2D eigenvalue weighted by Gasteiger charge is -2.15. The van der Waals surface area contributed by atoms with Crippen LogP contribution in [0.1, 0.15) is 12.1 Å². The molecule has 0 bridgehead atoms. The second-order valence-electron chi connectivity index (χ2n) is 4.72. The number of hydrogen-bond donors (Lipinski definition) is 1. The molecule has 1 aromatic heterocycles. The summed E-state index contributed by atoms with van der Waals surface area (Å²) in [4.78, 5) is 13.6. The molecule has 0 spiro atoms. The highest BCUT2D eigenvalue weighted by Gasteiger charge is 2.32. The average molecular weight is 276 g/mol. The zero-order chi connectivity index (χ0) is 13.4. The van der Waals surface area contributed by atoms with Crippen molar-refractivity contribution in [1.82, 2.24) is 10.2 Å². The summed E-state index contributed by atoms with van der Waals surface area (Å²) in [6.07, 6.45) is 0.377. The minimum absolute atomic E-state index is 0.0312. The lowest BCUT2D eigenvalue weighted by molar-refractivity contribution is -0.117. The highest BCUT2D eigenvalue weighted by molar-refractivity contribution is 6.24. The molecule has 0 saturated carbocycles. The van der Waals surface area contributed by atoms with Gasteiger partial charge in [-0.2, -0.15) is 5.10 Å². The Morgan fingerprint density at radius 2 is 2.11 bits per heavy atom. The van der Waals surface area contributed by atoms with Gasteiger partial charge < -0.3 is 0 Å². The first-order valence-corrected chi connectivity index (χ1v) is 6.65. The summed E-state index contributed by atoms with van der Waals surface area (Å²) in [5.74, 6) is 0.709. The van der Waals surface area contributed by atoms with Gasteiger partial charge in [0, 0.05) is 24.2 Å². The minimum Gasteiger partial charge on any atom is -0.293 e. The van der Waals surface area contributed by atoms with Gasteiger partial charge in [0.05, 0.1) is 5.38 Å². The van der Waals surface area contributed by atoms with Crippen molar-refractivity contribution in [3.63, 3.8) is 0 Å². The molecule has 1 atom stereocenters. The fourth-order valence-corrected chi connectivity index (χ4v) is 2.70. The summed E-state index contributed by atoms with van der Waals surface area (Å²) in [5.41, 5.74) is 2.97. The van der Waals surface area contributed by atoms with Crippen LogP contribution in [0.2, 0.25) is 0 Å². The number of anilines is 1. The number of carbonyl (C=O) groups is 1. The molecular formula is C14H14ClN3O. The standard InChI is InChI=1S/C14H14ClN3O/c1-9-13(10-5-3-2-4-6-10)14(17-16-9)18-8-11(15)7-12(18)19/h2-6,11H,7-8H2,1H3,(H,16,17). The fourth-order valence-electron chi connectivity index (χ4n) is 2.43. The van der Waals surface area contributed by atoms with E-state index in [1.54, 1.807) is 4.90 Å². The Morgan fingerprint density at radius 3 is 2.74 bits per heavy atom. The van der Waals surface area contributed by atoms with Crippen LogP contribution >= 0.6 is 11.6 Å². The van der Waals surface area contributed by atoms with E-state index in [2.05, 4.69) is 10.2 Å². The number of nitrogens with zero attached hydrogens (tertiary/aromatic N) is 2. The molecule has 1 aliphatic heterocycles. The quantitative estimate of drug-likeness (QED) is 0.857. The van der Waals surface area contributed by atoms with E-state index < -0.39 is 0 Å². The van der Waals surface area contributed by atoms with Gasteiger partial charge in [-0.3, -0.25) is 14.8 Å². The molecule has 19 heavy (non-hydrogen) atoms. The summed E-state index contributed by atoms with van der Waals surface area (Å²) >= 11 is 6.06. The molecule has 4 nitrogen and oxygen atoms in total. The predicted molar refractivity (Wildman–Crippen MR) is 75.4 cm³/mol. The zero-order valence-corrected chi connectivity index (χ0v) is 11.3. The Kier molecular flexibility index (Phi) is 3.03. The average Bonchev–Trinajstić information content (AvgIpc) is 2.93. The van der Waals surface area contributed by atoms with Gasteiger partial charge in [0.2, 0.25) is 5.91 Å². The van der Waals surface area contributed by atoms with Gasteiger partial charge in [0.1, 0.15) is 0 Å². The van der Waals surface area contributed by atoms with Crippen molar-refractivity contribution in [2.24, 2.45) is 0 Å². The second-order valence-corrected chi connectivity index (χ2v) is 5.34. The zero-order valence-electron chi connectivity index (χ0n) is 10.6. The maximum Gasteiger partial charge on any atom is 0.229 e. The summed E-state index contributed by atoms with van der Waals surface area (Å²) in [5, 5.41) is 7.11. The number of amides is 1. The van der Waals surface area contributed by atoms with E-state index in [1.807, 2.05) is 37.3 Å². The summed E-state index contributed by atoms with van der Waals surface area (Å²) in [6.45, 7) is 2.47. The third-order valence-electron chi connectivity index (χ3n) is 3.32. The molecule has 1 saturated heterocycles. The van der Waals surface area contributed by atoms with Crippen LogP contribution in [0.5, 0.6) is 0 Å². The number of rotatable bonds is 2. The van der Waals surface area contributed by atoms with E-state index in [4.69, 9.17) is 11.6 Å². The SMILES string of the molecule is Cc1[nH]nc(N2CC(Cl)CC2=O)c1-c1ccccc1. The highest BCUT2D eigenvalue weighted by atomic mass is 35.5. The number of carbonyl (C=O) groups excluding carboxylic acids is 1. The third-order valence-corrected chi connectivity index (χ3v) is 3.62. The van der Waals surface area contributed by atoms with E-state index in [9.17, 15) is 4.79 Å². The number of H-pyrrole nitrogens is 1. The van der Waals surface area contributed by atoms with Gasteiger partial charge in [-0.25, -0.2) is 0 Å². The van der Waals surface area contributed by atoms with Crippen LogP contribution < -0.4 is 4.90 Å². The van der Waals surface area contributed by atoms with Crippen LogP contribution in [0.3, 0.4) is 0 Å². The first-order valence-electron chi connectivity index (χ1n) is 6.21. The Bertz CT molecular complexity index is 608. The predicted octanol–water partition coefficient (Wildman–Crippen LogP) is 2.73. The van der Waals surface area contributed by atoms with Crippen molar-refractivity contribution in [2.45, 2.75) is 18.7 Å². The Labute approximate surface area is 116 Å². The van der Waals surface area contributed by atoms with Crippen molar-refractivity contribution in [3.8, 4) is 11.1 Å². The number of hydrogen-bond acceptors (Lipinski definition) is 2. The Morgan fingerprint density at radius 1 is 1.37 bits per heavy atom. The van der Waals surface area contributed by atoms with Gasteiger partial charge in [0.15, 0.2) is 5.82 Å². The molecule has 2 heterocycles. The van der Waals surface area contributed by atoms with Gasteiger partial charge in [0.25, 0.3) is 0 Å². The maximum atomic E-state index is 12.0. The number of halogens is 1. The summed E-state index contributed by atoms with van der Waals surface area (Å²) in [6, 6.07) is 9.94. The molecule has 2 aromatic rings. The molecule has 1 fully saturated rings. The van der Waals surface area contributed by atoms with Crippen LogP contribution in [0, 0.1) is 6.92 Å². The van der Waals surface area contributed by atoms with E-state index >= 15 is 0 Å². The molecule has 1 amide bonds. The van der Waals surface area contributed by atoms with E-state index in [0.717, 1.165) is 16.8 Å². The monoisotopic (exact) mass is 275 g/mol. The molecule has 3 rings (SSSR count). The lowest BCUT2D eigenvalue weighted by Crippen LogP contribution is -2.25. The minimum atomic E-state index is -0.131. The molecule has 1 aliphatic rings. The largest absolute Gasteiger partial charge is 0.293 e. The Hall–Kier alpha value is -1.81. The lowest BCUT2D eigenvalue weighted by atomic mass is 10.1. The van der Waals surface area contributed by atoms with E-state index in [-0.39, 0.29) is 11.3 Å². The molecular weight excluding hydrogens is 262 g/mol. The fraction of sp³-hybridized carbons (Fsp3) is 0.286. The smallest absolute Gasteiger partial charge is 0.229 e. The molecule has 0 radical (unpaired) electrons. The number of alkyl halides is 1. The van der Waals surface area contributed by atoms with Crippen LogP contribution in [0.25, 0.3) is 11.1 Å². The highest BCUT2D eigenvalue weighted by Crippen LogP contribution is 2.34. The number of aryl methyl sites for hydroxylation is 1. The van der Waals surface area contributed by atoms with Crippen molar-refractivity contribution in [3.05, 3.63) is 36.0 Å². The van der Waals surface area contributed by atoms with Crippen LogP contribution in [0.15, 0.2) is 30.3 Å². The first-order chi connectivity index (χ1) is 9.16. The topological polar surface area (TPSA) is 49.0 Å². The summed E-state index contributed by atoms with van der Waals surface area (Å²) in [7, 11) is 0. The number of aromatic amines is 1. The molecule has 1 N–H and O–H groups in total. The summed E-state index contributed by atoms with van der Waals surface area (Å²) < 4.78 is 0. The number of aromatic nitrogens is 2. The van der Waals surface area contributed by atoms with E-state index in [1.165, 1.54) is 0 Å². The van der Waals surface area contributed by atoms with Crippen LogP contribution in [0.4, 0.5) is 5.82 Å². The third kappa shape index (κ3) is 2.12. The van der Waals surface area contributed by atoms with Crippen molar-refractivity contribution >= 4 is 23.3 Å². The molecule has 0 aliphatic carbocycles. The number of nitrogens with one attached hydrogen (secondary N) is 1. The molecule has 5 heteroatoms. The normalized spacial score (nSPS) is 19.2.